The van der Waals surface area contributed by atoms with Crippen LogP contribution in [0.2, 0.25) is 0 Å². The number of halogens is 1. The Balaban J connectivity index is 1.63. The van der Waals surface area contributed by atoms with Gasteiger partial charge in [0.1, 0.15) is 0 Å². The Labute approximate surface area is 166 Å². The van der Waals surface area contributed by atoms with Crippen LogP contribution in [-0.4, -0.2) is 24.4 Å². The van der Waals surface area contributed by atoms with Crippen molar-refractivity contribution in [1.29, 1.82) is 0 Å². The average Bonchev–Trinajstić information content (AvgIpc) is 2.64. The van der Waals surface area contributed by atoms with E-state index in [1.165, 1.54) is 0 Å². The molecule has 2 N–H and O–H groups in total. The van der Waals surface area contributed by atoms with Crippen LogP contribution in [0, 0.1) is 6.92 Å². The molecule has 0 heterocycles. The molecule has 2 amide bonds. The number of esters is 1. The predicted molar refractivity (Wildman–Crippen MR) is 107 cm³/mol. The summed E-state index contributed by atoms with van der Waals surface area (Å²) in [5.74, 6) is -1.09. The monoisotopic (exact) mass is 432 g/mol. The van der Waals surface area contributed by atoms with E-state index in [9.17, 15) is 14.4 Å². The Kier molecular flexibility index (Phi) is 8.00. The molecule has 0 radical (unpaired) electrons. The lowest BCUT2D eigenvalue weighted by atomic mass is 10.2. The van der Waals surface area contributed by atoms with Crippen LogP contribution in [0.3, 0.4) is 0 Å². The smallest absolute Gasteiger partial charge is 0.306 e. The maximum Gasteiger partial charge on any atom is 0.306 e. The van der Waals surface area contributed by atoms with Crippen molar-refractivity contribution < 1.29 is 19.1 Å². The van der Waals surface area contributed by atoms with Crippen molar-refractivity contribution in [2.45, 2.75) is 26.2 Å². The van der Waals surface area contributed by atoms with Gasteiger partial charge in [0.25, 0.3) is 5.91 Å². The summed E-state index contributed by atoms with van der Waals surface area (Å²) < 4.78 is 5.89. The lowest BCUT2D eigenvalue weighted by Crippen LogP contribution is -2.21. The number of hydrogen-bond acceptors (Lipinski definition) is 4. The average molecular weight is 433 g/mol. The molecule has 0 spiro atoms. The quantitative estimate of drug-likeness (QED) is 0.616. The molecule has 0 bridgehead atoms. The second-order valence-electron chi connectivity index (χ2n) is 5.94. The van der Waals surface area contributed by atoms with E-state index in [0.29, 0.717) is 17.8 Å². The van der Waals surface area contributed by atoms with E-state index < -0.39 is 11.9 Å². The summed E-state index contributed by atoms with van der Waals surface area (Å²) in [7, 11) is 0. The van der Waals surface area contributed by atoms with Gasteiger partial charge < -0.3 is 15.4 Å². The molecule has 142 valence electrons. The molecule has 0 atom stereocenters. The fraction of sp³-hybridized carbons (Fsp3) is 0.250. The molecule has 2 aromatic rings. The van der Waals surface area contributed by atoms with Crippen LogP contribution in [0.4, 0.5) is 11.4 Å². The number of ether oxygens (including phenoxy) is 1. The highest BCUT2D eigenvalue weighted by Gasteiger charge is 2.10. The number of para-hydroxylation sites is 1. The standard InChI is InChI=1S/C20H21BrN2O4/c1-14-12-16(10-11-17(14)21)23-19(25)13-27-20(26)9-5-8-18(24)22-15-6-3-2-4-7-15/h2-4,6-7,10-12H,5,8-9,13H2,1H3,(H,22,24)(H,23,25). The molecule has 0 fully saturated rings. The number of amides is 2. The number of hydrogen-bond donors (Lipinski definition) is 2. The molecule has 0 saturated heterocycles. The van der Waals surface area contributed by atoms with Crippen molar-refractivity contribution in [3.63, 3.8) is 0 Å². The molecule has 0 aliphatic rings. The van der Waals surface area contributed by atoms with E-state index in [4.69, 9.17) is 4.74 Å². The Morgan fingerprint density at radius 3 is 2.33 bits per heavy atom. The first-order valence-electron chi connectivity index (χ1n) is 8.50. The van der Waals surface area contributed by atoms with Crippen molar-refractivity contribution >= 4 is 45.1 Å². The maximum absolute atomic E-state index is 11.8. The zero-order valence-electron chi connectivity index (χ0n) is 15.0. The van der Waals surface area contributed by atoms with Crippen molar-refractivity contribution in [2.24, 2.45) is 0 Å². The van der Waals surface area contributed by atoms with E-state index in [-0.39, 0.29) is 25.4 Å². The largest absolute Gasteiger partial charge is 0.456 e. The van der Waals surface area contributed by atoms with Gasteiger partial charge in [0.15, 0.2) is 6.61 Å². The summed E-state index contributed by atoms with van der Waals surface area (Å²) in [5.41, 5.74) is 2.33. The van der Waals surface area contributed by atoms with Gasteiger partial charge in [0.05, 0.1) is 0 Å². The third-order valence-electron chi connectivity index (χ3n) is 3.65. The third kappa shape index (κ3) is 7.62. The molecule has 7 heteroatoms. The molecule has 27 heavy (non-hydrogen) atoms. The molecule has 0 aliphatic heterocycles. The Morgan fingerprint density at radius 2 is 1.63 bits per heavy atom. The number of anilines is 2. The number of carbonyl (C=O) groups excluding carboxylic acids is 3. The summed E-state index contributed by atoms with van der Waals surface area (Å²) in [6.45, 7) is 1.55. The number of benzene rings is 2. The van der Waals surface area contributed by atoms with Gasteiger partial charge in [-0.2, -0.15) is 0 Å². The summed E-state index contributed by atoms with van der Waals surface area (Å²) in [6.07, 6.45) is 0.631. The maximum atomic E-state index is 11.8. The molecular formula is C20H21BrN2O4. The highest BCUT2D eigenvalue weighted by atomic mass is 79.9. The van der Waals surface area contributed by atoms with Crippen LogP contribution in [0.25, 0.3) is 0 Å². The van der Waals surface area contributed by atoms with Gasteiger partial charge in [-0.1, -0.05) is 34.1 Å². The number of aryl methyl sites for hydroxylation is 1. The molecule has 2 aromatic carbocycles. The zero-order valence-corrected chi connectivity index (χ0v) is 16.5. The fourth-order valence-electron chi connectivity index (χ4n) is 2.28. The molecule has 6 nitrogen and oxygen atoms in total. The van der Waals surface area contributed by atoms with E-state index >= 15 is 0 Å². The third-order valence-corrected chi connectivity index (χ3v) is 4.54. The van der Waals surface area contributed by atoms with Gasteiger partial charge in [-0.05, 0) is 49.2 Å². The van der Waals surface area contributed by atoms with E-state index in [2.05, 4.69) is 26.6 Å². The SMILES string of the molecule is Cc1cc(NC(=O)COC(=O)CCCC(=O)Nc2ccccc2)ccc1Br. The molecule has 0 aliphatic carbocycles. The predicted octanol–water partition coefficient (Wildman–Crippen LogP) is 4.05. The molecule has 0 unspecified atom stereocenters. The number of carbonyl (C=O) groups is 3. The summed E-state index contributed by atoms with van der Waals surface area (Å²) >= 11 is 3.39. The number of nitrogens with one attached hydrogen (secondary N) is 2. The lowest BCUT2D eigenvalue weighted by molar-refractivity contribution is -0.147. The summed E-state index contributed by atoms with van der Waals surface area (Å²) in [5, 5.41) is 5.41. The van der Waals surface area contributed by atoms with E-state index in [1.807, 2.05) is 37.3 Å². The van der Waals surface area contributed by atoms with Gasteiger partial charge in [-0.25, -0.2) is 0 Å². The first-order valence-corrected chi connectivity index (χ1v) is 9.30. The van der Waals surface area contributed by atoms with Crippen LogP contribution in [0.15, 0.2) is 53.0 Å². The Hall–Kier alpha value is -2.67. The summed E-state index contributed by atoms with van der Waals surface area (Å²) in [6, 6.07) is 14.5. The van der Waals surface area contributed by atoms with Crippen LogP contribution in [0.5, 0.6) is 0 Å². The van der Waals surface area contributed by atoms with Gasteiger partial charge in [-0.3, -0.25) is 14.4 Å². The Bertz CT molecular complexity index is 809. The second-order valence-corrected chi connectivity index (χ2v) is 6.79. The first kappa shape index (κ1) is 20.6. The fourth-order valence-corrected chi connectivity index (χ4v) is 2.52. The molecule has 0 saturated carbocycles. The van der Waals surface area contributed by atoms with Crippen molar-refractivity contribution in [1.82, 2.24) is 0 Å². The topological polar surface area (TPSA) is 84.5 Å². The van der Waals surface area contributed by atoms with Crippen LogP contribution < -0.4 is 10.6 Å². The van der Waals surface area contributed by atoms with Crippen LogP contribution in [0.1, 0.15) is 24.8 Å². The highest BCUT2D eigenvalue weighted by Crippen LogP contribution is 2.19. The normalized spacial score (nSPS) is 10.1. The van der Waals surface area contributed by atoms with Crippen molar-refractivity contribution in [3.8, 4) is 0 Å². The molecule has 2 rings (SSSR count). The van der Waals surface area contributed by atoms with Gasteiger partial charge in [-0.15, -0.1) is 0 Å². The van der Waals surface area contributed by atoms with Gasteiger partial charge in [0, 0.05) is 28.7 Å². The van der Waals surface area contributed by atoms with Crippen LogP contribution in [-0.2, 0) is 19.1 Å². The van der Waals surface area contributed by atoms with E-state index in [0.717, 1.165) is 10.0 Å². The van der Waals surface area contributed by atoms with Crippen molar-refractivity contribution in [2.75, 3.05) is 17.2 Å². The minimum Gasteiger partial charge on any atom is -0.456 e. The summed E-state index contributed by atoms with van der Waals surface area (Å²) in [4.78, 5) is 35.3. The van der Waals surface area contributed by atoms with Crippen LogP contribution >= 0.6 is 15.9 Å². The first-order chi connectivity index (χ1) is 12.9. The molecular weight excluding hydrogens is 412 g/mol. The van der Waals surface area contributed by atoms with Gasteiger partial charge in [0.2, 0.25) is 5.91 Å². The van der Waals surface area contributed by atoms with Gasteiger partial charge >= 0.3 is 5.97 Å². The highest BCUT2D eigenvalue weighted by molar-refractivity contribution is 9.10. The second kappa shape index (κ2) is 10.5. The number of rotatable bonds is 8. The minimum atomic E-state index is -0.510. The zero-order chi connectivity index (χ0) is 19.6. The minimum absolute atomic E-state index is 0.0763. The Morgan fingerprint density at radius 1 is 0.926 bits per heavy atom. The lowest BCUT2D eigenvalue weighted by Gasteiger charge is -2.08. The van der Waals surface area contributed by atoms with Crippen molar-refractivity contribution in [3.05, 3.63) is 58.6 Å². The molecule has 0 aromatic heterocycles. The van der Waals surface area contributed by atoms with E-state index in [1.54, 1.807) is 18.2 Å².